The molecule has 1 fully saturated rings. The maximum atomic E-state index is 12.6. The Morgan fingerprint density at radius 2 is 2.15 bits per heavy atom. The molecule has 3 rings (SSSR count). The van der Waals surface area contributed by atoms with Crippen LogP contribution in [0.5, 0.6) is 0 Å². The minimum atomic E-state index is -0.856. The maximum Gasteiger partial charge on any atom is 0.333 e. The Kier molecular flexibility index (Phi) is 6.01. The summed E-state index contributed by atoms with van der Waals surface area (Å²) in [5.74, 6) is -0.877. The molecule has 26 heavy (non-hydrogen) atoms. The minimum Gasteiger partial charge on any atom is -0.464 e. The number of hydrogen-bond acceptors (Lipinski definition) is 5. The van der Waals surface area contributed by atoms with Gasteiger partial charge in [-0.1, -0.05) is 30.3 Å². The zero-order chi connectivity index (χ0) is 18.4. The van der Waals surface area contributed by atoms with Crippen molar-refractivity contribution in [1.29, 1.82) is 0 Å². The van der Waals surface area contributed by atoms with Crippen LogP contribution in [0.1, 0.15) is 47.9 Å². The summed E-state index contributed by atoms with van der Waals surface area (Å²) in [4.78, 5) is 24.9. The molecule has 1 saturated heterocycles. The molecule has 1 aliphatic heterocycles. The van der Waals surface area contributed by atoms with Crippen LogP contribution in [0, 0.1) is 0 Å². The van der Waals surface area contributed by atoms with Crippen molar-refractivity contribution < 1.29 is 14.3 Å². The fourth-order valence-electron chi connectivity index (χ4n) is 3.08. The van der Waals surface area contributed by atoms with Gasteiger partial charge in [0, 0.05) is 12.7 Å². The number of nitrogens with zero attached hydrogens (tertiary/aromatic N) is 2. The van der Waals surface area contributed by atoms with Gasteiger partial charge in [-0.15, -0.1) is 0 Å². The number of esters is 1. The molecule has 0 radical (unpaired) electrons. The minimum absolute atomic E-state index is 0.250. The fraction of sp³-hybridized carbons (Fsp3) is 0.421. The molecule has 1 amide bonds. The van der Waals surface area contributed by atoms with E-state index in [1.165, 1.54) is 0 Å². The molecule has 1 aromatic heterocycles. The Morgan fingerprint density at radius 1 is 1.35 bits per heavy atom. The highest BCUT2D eigenvalue weighted by Gasteiger charge is 2.26. The summed E-state index contributed by atoms with van der Waals surface area (Å²) in [5.41, 5.74) is 0.969. The number of hydrogen-bond donors (Lipinski definition) is 2. The van der Waals surface area contributed by atoms with Gasteiger partial charge in [0.05, 0.1) is 12.6 Å². The molecule has 138 valence electrons. The van der Waals surface area contributed by atoms with E-state index in [9.17, 15) is 9.59 Å². The van der Waals surface area contributed by atoms with Crippen molar-refractivity contribution >= 4 is 11.9 Å². The van der Waals surface area contributed by atoms with Crippen LogP contribution in [-0.2, 0) is 9.53 Å². The monoisotopic (exact) mass is 356 g/mol. The molecule has 1 unspecified atom stereocenters. The Labute approximate surface area is 152 Å². The predicted molar refractivity (Wildman–Crippen MR) is 96.6 cm³/mol. The summed E-state index contributed by atoms with van der Waals surface area (Å²) in [6.07, 6.45) is 3.94. The second-order valence-corrected chi connectivity index (χ2v) is 6.25. The van der Waals surface area contributed by atoms with Gasteiger partial charge in [-0.25, -0.2) is 4.79 Å². The topological polar surface area (TPSA) is 85.2 Å². The number of rotatable bonds is 6. The van der Waals surface area contributed by atoms with Crippen LogP contribution in [0.15, 0.2) is 42.6 Å². The average molecular weight is 356 g/mol. The molecule has 2 aromatic rings. The first-order chi connectivity index (χ1) is 12.7. The van der Waals surface area contributed by atoms with Gasteiger partial charge in [0.2, 0.25) is 0 Å². The van der Waals surface area contributed by atoms with Crippen LogP contribution in [-0.4, -0.2) is 41.4 Å². The third kappa shape index (κ3) is 4.29. The zero-order valence-electron chi connectivity index (χ0n) is 14.9. The van der Waals surface area contributed by atoms with Crippen molar-refractivity contribution in [3.8, 4) is 0 Å². The number of piperidine rings is 1. The van der Waals surface area contributed by atoms with Crippen LogP contribution in [0.3, 0.4) is 0 Å². The highest BCUT2D eigenvalue weighted by Crippen LogP contribution is 2.17. The van der Waals surface area contributed by atoms with E-state index in [1.807, 2.05) is 29.1 Å². The van der Waals surface area contributed by atoms with Crippen molar-refractivity contribution in [2.24, 2.45) is 0 Å². The second kappa shape index (κ2) is 8.62. The first-order valence-electron chi connectivity index (χ1n) is 8.97. The summed E-state index contributed by atoms with van der Waals surface area (Å²) in [7, 11) is 0. The summed E-state index contributed by atoms with van der Waals surface area (Å²) in [5, 5.41) is 10.5. The molecular weight excluding hydrogens is 332 g/mol. The number of aromatic nitrogens is 2. The lowest BCUT2D eigenvalue weighted by atomic mass is 10.1. The van der Waals surface area contributed by atoms with Gasteiger partial charge < -0.3 is 15.4 Å². The number of ether oxygens (including phenoxy) is 1. The molecule has 0 bridgehead atoms. The Bertz CT molecular complexity index is 738. The lowest BCUT2D eigenvalue weighted by Gasteiger charge is -2.23. The fourth-order valence-corrected chi connectivity index (χ4v) is 3.08. The maximum absolute atomic E-state index is 12.6. The average Bonchev–Trinajstić information content (AvgIpc) is 3.18. The van der Waals surface area contributed by atoms with Crippen molar-refractivity contribution in [3.05, 3.63) is 53.9 Å². The Hall–Kier alpha value is -2.67. The lowest BCUT2D eigenvalue weighted by Crippen LogP contribution is -2.35. The third-order valence-corrected chi connectivity index (χ3v) is 4.42. The standard InChI is InChI=1S/C19H24N4O3/c1-2-26-19(25)17(14-7-4-3-5-8-14)21-18(24)16-10-12-23(22-16)15-9-6-11-20-13-15/h3-5,7-8,10,12,15,17,20H,2,6,9,11,13H2,1H3,(H,21,24)/t15?,17-/m1/s1. The van der Waals surface area contributed by atoms with Crippen LogP contribution >= 0.6 is 0 Å². The lowest BCUT2D eigenvalue weighted by molar-refractivity contribution is -0.145. The molecule has 1 aliphatic rings. The zero-order valence-corrected chi connectivity index (χ0v) is 14.9. The van der Waals surface area contributed by atoms with E-state index in [2.05, 4.69) is 15.7 Å². The van der Waals surface area contributed by atoms with Crippen molar-refractivity contribution in [1.82, 2.24) is 20.4 Å². The molecule has 7 nitrogen and oxygen atoms in total. The summed E-state index contributed by atoms with van der Waals surface area (Å²) in [6.45, 7) is 3.85. The summed E-state index contributed by atoms with van der Waals surface area (Å²) in [6, 6.07) is 10.1. The van der Waals surface area contributed by atoms with E-state index >= 15 is 0 Å². The number of amides is 1. The molecule has 0 spiro atoms. The van der Waals surface area contributed by atoms with Gasteiger partial charge in [0.25, 0.3) is 5.91 Å². The van der Waals surface area contributed by atoms with Gasteiger partial charge in [0.1, 0.15) is 5.69 Å². The van der Waals surface area contributed by atoms with Gasteiger partial charge in [-0.05, 0) is 37.9 Å². The van der Waals surface area contributed by atoms with E-state index in [1.54, 1.807) is 25.1 Å². The van der Waals surface area contributed by atoms with Crippen molar-refractivity contribution in [3.63, 3.8) is 0 Å². The first kappa shape index (κ1) is 18.1. The van der Waals surface area contributed by atoms with Crippen LogP contribution in [0.25, 0.3) is 0 Å². The molecule has 0 saturated carbocycles. The van der Waals surface area contributed by atoms with E-state index in [4.69, 9.17) is 4.74 Å². The van der Waals surface area contributed by atoms with Gasteiger partial charge in [-0.3, -0.25) is 9.48 Å². The normalized spacial score (nSPS) is 18.1. The first-order valence-corrected chi connectivity index (χ1v) is 8.97. The summed E-state index contributed by atoms with van der Waals surface area (Å²) < 4.78 is 6.93. The van der Waals surface area contributed by atoms with E-state index in [0.717, 1.165) is 25.9 Å². The quantitative estimate of drug-likeness (QED) is 0.772. The van der Waals surface area contributed by atoms with Gasteiger partial charge in [-0.2, -0.15) is 5.10 Å². The van der Waals surface area contributed by atoms with Crippen molar-refractivity contribution in [2.75, 3.05) is 19.7 Å². The Balaban J connectivity index is 1.73. The molecule has 1 aromatic carbocycles. The number of nitrogens with one attached hydrogen (secondary N) is 2. The highest BCUT2D eigenvalue weighted by atomic mass is 16.5. The number of benzene rings is 1. The molecule has 0 aliphatic carbocycles. The van der Waals surface area contributed by atoms with Crippen LogP contribution < -0.4 is 10.6 Å². The highest BCUT2D eigenvalue weighted by molar-refractivity contribution is 5.95. The van der Waals surface area contributed by atoms with E-state index in [0.29, 0.717) is 11.3 Å². The van der Waals surface area contributed by atoms with E-state index < -0.39 is 17.9 Å². The van der Waals surface area contributed by atoms with Crippen LogP contribution in [0.4, 0.5) is 0 Å². The Morgan fingerprint density at radius 3 is 2.85 bits per heavy atom. The largest absolute Gasteiger partial charge is 0.464 e. The second-order valence-electron chi connectivity index (χ2n) is 6.25. The smallest absolute Gasteiger partial charge is 0.333 e. The number of carbonyl (C=O) groups excluding carboxylic acids is 2. The van der Waals surface area contributed by atoms with Crippen molar-refractivity contribution in [2.45, 2.75) is 31.8 Å². The van der Waals surface area contributed by atoms with E-state index in [-0.39, 0.29) is 12.6 Å². The molecular formula is C19H24N4O3. The predicted octanol–water partition coefficient (Wildman–Crippen LogP) is 1.84. The third-order valence-electron chi connectivity index (χ3n) is 4.42. The number of carbonyl (C=O) groups is 2. The van der Waals surface area contributed by atoms with Crippen LogP contribution in [0.2, 0.25) is 0 Å². The summed E-state index contributed by atoms with van der Waals surface area (Å²) >= 11 is 0. The molecule has 2 heterocycles. The SMILES string of the molecule is CCOC(=O)[C@H](NC(=O)c1ccn(C2CCCNC2)n1)c1ccccc1. The van der Waals surface area contributed by atoms with Gasteiger partial charge in [0.15, 0.2) is 6.04 Å². The molecule has 2 atom stereocenters. The molecule has 2 N–H and O–H groups in total. The van der Waals surface area contributed by atoms with Gasteiger partial charge >= 0.3 is 5.97 Å². The molecule has 7 heteroatoms.